The third-order valence-electron chi connectivity index (χ3n) is 5.29. The van der Waals surface area contributed by atoms with Crippen LogP contribution in [-0.4, -0.2) is 46.5 Å². The van der Waals surface area contributed by atoms with E-state index in [1.165, 1.54) is 22.3 Å². The van der Waals surface area contributed by atoms with Gasteiger partial charge in [0.15, 0.2) is 0 Å². The molecule has 1 saturated heterocycles. The van der Waals surface area contributed by atoms with Gasteiger partial charge in [0, 0.05) is 42.9 Å². The highest BCUT2D eigenvalue weighted by molar-refractivity contribution is 7.09. The Morgan fingerprint density at radius 1 is 1.06 bits per heavy atom. The van der Waals surface area contributed by atoms with Gasteiger partial charge in [0.25, 0.3) is 11.5 Å². The molecule has 0 spiro atoms. The summed E-state index contributed by atoms with van der Waals surface area (Å²) in [7, 11) is 0. The van der Waals surface area contributed by atoms with E-state index in [4.69, 9.17) is 0 Å². The van der Waals surface area contributed by atoms with E-state index in [2.05, 4.69) is 4.98 Å². The molecule has 2 aromatic heterocycles. The number of thiophene rings is 1. The minimum atomic E-state index is -4.43. The standard InChI is InChI=1S/C21H19F3N4O3S/c22-21(23,24)14-3-1-4-15(11-14)26-6-8-27(9-7-26)18(29)17-12-25-20(31)28(19(17)30)13-16-5-2-10-32-16/h1-5,10-12H,6-9,13H2,(H,25,31). The lowest BCUT2D eigenvalue weighted by Gasteiger charge is -2.36. The number of alkyl halides is 3. The fourth-order valence-electron chi connectivity index (χ4n) is 3.58. The number of anilines is 1. The van der Waals surface area contributed by atoms with Crippen LogP contribution in [-0.2, 0) is 12.7 Å². The summed E-state index contributed by atoms with van der Waals surface area (Å²) in [5.41, 5.74) is -1.72. The zero-order valence-corrected chi connectivity index (χ0v) is 17.6. The number of aromatic amines is 1. The van der Waals surface area contributed by atoms with E-state index in [0.717, 1.165) is 27.8 Å². The number of H-pyrrole nitrogens is 1. The van der Waals surface area contributed by atoms with Gasteiger partial charge in [0.1, 0.15) is 5.56 Å². The number of carbonyl (C=O) groups excluding carboxylic acids is 1. The number of benzene rings is 1. The van der Waals surface area contributed by atoms with Gasteiger partial charge in [0.2, 0.25) is 0 Å². The predicted octanol–water partition coefficient (Wildman–Crippen LogP) is 2.63. The van der Waals surface area contributed by atoms with Crippen LogP contribution >= 0.6 is 11.3 Å². The maximum atomic E-state index is 13.0. The van der Waals surface area contributed by atoms with Crippen molar-refractivity contribution in [2.24, 2.45) is 0 Å². The summed E-state index contributed by atoms with van der Waals surface area (Å²) in [6.45, 7) is 1.17. The third-order valence-corrected chi connectivity index (χ3v) is 6.15. The molecule has 0 saturated carbocycles. The van der Waals surface area contributed by atoms with E-state index >= 15 is 0 Å². The van der Waals surface area contributed by atoms with Crippen molar-refractivity contribution in [3.8, 4) is 0 Å². The molecule has 11 heteroatoms. The van der Waals surface area contributed by atoms with Crippen molar-refractivity contribution >= 4 is 22.9 Å². The first-order chi connectivity index (χ1) is 15.2. The third kappa shape index (κ3) is 4.47. The first-order valence-corrected chi connectivity index (χ1v) is 10.7. The van der Waals surface area contributed by atoms with Gasteiger partial charge in [-0.3, -0.25) is 14.2 Å². The molecule has 3 aromatic rings. The zero-order chi connectivity index (χ0) is 22.9. The molecule has 1 aliphatic heterocycles. The predicted molar refractivity (Wildman–Crippen MR) is 114 cm³/mol. The van der Waals surface area contributed by atoms with Crippen molar-refractivity contribution < 1.29 is 18.0 Å². The van der Waals surface area contributed by atoms with Crippen molar-refractivity contribution in [2.45, 2.75) is 12.7 Å². The summed E-state index contributed by atoms with van der Waals surface area (Å²) in [6, 6.07) is 8.64. The average Bonchev–Trinajstić information content (AvgIpc) is 3.29. The number of aromatic nitrogens is 2. The number of halogens is 3. The minimum Gasteiger partial charge on any atom is -0.368 e. The van der Waals surface area contributed by atoms with Crippen molar-refractivity contribution in [3.63, 3.8) is 0 Å². The van der Waals surface area contributed by atoms with Crippen LogP contribution in [0.3, 0.4) is 0 Å². The zero-order valence-electron chi connectivity index (χ0n) is 16.8. The first-order valence-electron chi connectivity index (χ1n) is 9.80. The lowest BCUT2D eigenvalue weighted by Crippen LogP contribution is -2.50. The van der Waals surface area contributed by atoms with Gasteiger partial charge in [0.05, 0.1) is 12.1 Å². The largest absolute Gasteiger partial charge is 0.416 e. The lowest BCUT2D eigenvalue weighted by molar-refractivity contribution is -0.137. The van der Waals surface area contributed by atoms with Crippen LogP contribution in [0, 0.1) is 0 Å². The van der Waals surface area contributed by atoms with Gasteiger partial charge >= 0.3 is 11.9 Å². The van der Waals surface area contributed by atoms with Gasteiger partial charge in [-0.25, -0.2) is 4.79 Å². The molecule has 32 heavy (non-hydrogen) atoms. The molecule has 4 rings (SSSR count). The number of hydrogen-bond donors (Lipinski definition) is 1. The van der Waals surface area contributed by atoms with E-state index in [1.807, 2.05) is 5.38 Å². The Morgan fingerprint density at radius 2 is 1.81 bits per heavy atom. The van der Waals surface area contributed by atoms with Crippen LogP contribution in [0.2, 0.25) is 0 Å². The topological polar surface area (TPSA) is 78.4 Å². The highest BCUT2D eigenvalue weighted by atomic mass is 32.1. The molecule has 0 aliphatic carbocycles. The summed E-state index contributed by atoms with van der Waals surface area (Å²) in [5.74, 6) is -0.519. The van der Waals surface area contributed by atoms with Crippen LogP contribution in [0.1, 0.15) is 20.8 Å². The van der Waals surface area contributed by atoms with Gasteiger partial charge in [-0.15, -0.1) is 11.3 Å². The molecule has 0 unspecified atom stereocenters. The molecule has 1 aliphatic rings. The highest BCUT2D eigenvalue weighted by Crippen LogP contribution is 2.31. The molecular weight excluding hydrogens is 445 g/mol. The molecule has 7 nitrogen and oxygen atoms in total. The smallest absolute Gasteiger partial charge is 0.368 e. The van der Waals surface area contributed by atoms with Gasteiger partial charge in [-0.1, -0.05) is 12.1 Å². The maximum absolute atomic E-state index is 13.0. The lowest BCUT2D eigenvalue weighted by atomic mass is 10.1. The molecule has 1 N–H and O–H groups in total. The van der Waals surface area contributed by atoms with Gasteiger partial charge in [-0.05, 0) is 29.6 Å². The molecule has 1 fully saturated rings. The van der Waals surface area contributed by atoms with Gasteiger partial charge < -0.3 is 14.8 Å². The first kappa shape index (κ1) is 21.9. The van der Waals surface area contributed by atoms with Crippen LogP contribution in [0.15, 0.2) is 57.6 Å². The Hall–Kier alpha value is -3.34. The van der Waals surface area contributed by atoms with Crippen LogP contribution in [0.5, 0.6) is 0 Å². The Kier molecular flexibility index (Phi) is 5.92. The summed E-state index contributed by atoms with van der Waals surface area (Å²) < 4.78 is 39.9. The normalized spacial score (nSPS) is 14.6. The average molecular weight is 464 g/mol. The summed E-state index contributed by atoms with van der Waals surface area (Å²) in [6.07, 6.45) is -3.31. The Bertz CT molecular complexity index is 1230. The SMILES string of the molecule is O=C(c1c[nH]c(=O)n(Cc2cccs2)c1=O)N1CCN(c2cccc(C(F)(F)F)c2)CC1. The molecule has 168 valence electrons. The Morgan fingerprint density at radius 3 is 2.47 bits per heavy atom. The van der Waals surface area contributed by atoms with Crippen molar-refractivity contribution in [2.75, 3.05) is 31.1 Å². The van der Waals surface area contributed by atoms with Gasteiger partial charge in [-0.2, -0.15) is 13.2 Å². The second kappa shape index (κ2) is 8.65. The molecule has 3 heterocycles. The van der Waals surface area contributed by atoms with E-state index in [1.54, 1.807) is 23.1 Å². The number of piperazine rings is 1. The quantitative estimate of drug-likeness (QED) is 0.644. The van der Waals surface area contributed by atoms with E-state index in [9.17, 15) is 27.6 Å². The summed E-state index contributed by atoms with van der Waals surface area (Å²) in [4.78, 5) is 44.3. The molecule has 1 amide bonds. The minimum absolute atomic E-state index is 0.0658. The molecule has 1 aromatic carbocycles. The van der Waals surface area contributed by atoms with E-state index in [-0.39, 0.29) is 25.2 Å². The fourth-order valence-corrected chi connectivity index (χ4v) is 4.28. The van der Waals surface area contributed by atoms with Crippen molar-refractivity contribution in [1.29, 1.82) is 0 Å². The van der Waals surface area contributed by atoms with Crippen LogP contribution in [0.4, 0.5) is 18.9 Å². The van der Waals surface area contributed by atoms with E-state index in [0.29, 0.717) is 18.8 Å². The highest BCUT2D eigenvalue weighted by Gasteiger charge is 2.31. The second-order valence-corrected chi connectivity index (χ2v) is 8.34. The second-order valence-electron chi connectivity index (χ2n) is 7.31. The summed E-state index contributed by atoms with van der Waals surface area (Å²) >= 11 is 1.39. The van der Waals surface area contributed by atoms with Crippen LogP contribution < -0.4 is 16.1 Å². The Balaban J connectivity index is 1.48. The number of nitrogens with one attached hydrogen (secondary N) is 1. The number of amides is 1. The molecular formula is C21H19F3N4O3S. The fraction of sp³-hybridized carbons (Fsp3) is 0.286. The number of nitrogens with zero attached hydrogens (tertiary/aromatic N) is 3. The number of rotatable bonds is 4. The molecule has 0 bridgehead atoms. The summed E-state index contributed by atoms with van der Waals surface area (Å²) in [5, 5.41) is 1.83. The van der Waals surface area contributed by atoms with Crippen molar-refractivity contribution in [1.82, 2.24) is 14.5 Å². The number of carbonyl (C=O) groups is 1. The molecule has 0 atom stereocenters. The van der Waals surface area contributed by atoms with E-state index < -0.39 is 28.9 Å². The Labute approximate surface area is 184 Å². The monoisotopic (exact) mass is 464 g/mol. The van der Waals surface area contributed by atoms with Crippen LogP contribution in [0.25, 0.3) is 0 Å². The molecule has 0 radical (unpaired) electrons. The van der Waals surface area contributed by atoms with Crippen molar-refractivity contribution in [3.05, 3.63) is 84.8 Å². The number of hydrogen-bond acceptors (Lipinski definition) is 5. The maximum Gasteiger partial charge on any atom is 0.416 e.